The molecule has 43 heavy (non-hydrogen) atoms. The highest BCUT2D eigenvalue weighted by Crippen LogP contribution is 2.46. The number of ether oxygens (including phenoxy) is 1. The van der Waals surface area contributed by atoms with Crippen LogP contribution < -0.4 is 9.64 Å². The zero-order chi connectivity index (χ0) is 30.7. The summed E-state index contributed by atoms with van der Waals surface area (Å²) in [5.74, 6) is 2.28. The molecule has 224 valence electrons. The smallest absolute Gasteiger partial charge is 0.219 e. The van der Waals surface area contributed by atoms with Gasteiger partial charge in [-0.15, -0.1) is 0 Å². The summed E-state index contributed by atoms with van der Waals surface area (Å²) in [6, 6.07) is 25.0. The highest BCUT2D eigenvalue weighted by atomic mass is 16.5. The Balaban J connectivity index is 1.44. The summed E-state index contributed by atoms with van der Waals surface area (Å²) in [6.07, 6.45) is 3.49. The van der Waals surface area contributed by atoms with E-state index in [1.165, 1.54) is 29.7 Å². The van der Waals surface area contributed by atoms with E-state index in [0.29, 0.717) is 23.2 Å². The molecule has 0 spiro atoms. The van der Waals surface area contributed by atoms with Gasteiger partial charge in [-0.2, -0.15) is 0 Å². The monoisotopic (exact) mass is 575 g/mol. The molecule has 5 heteroatoms. The maximum Gasteiger partial charge on any atom is 0.219 e. The topological polar surface area (TPSA) is 58.0 Å². The van der Waals surface area contributed by atoms with E-state index in [2.05, 4.69) is 95.6 Å². The number of rotatable bonds is 4. The molecule has 0 bridgehead atoms. The van der Waals surface area contributed by atoms with Gasteiger partial charge in [0.2, 0.25) is 5.88 Å². The maximum absolute atomic E-state index is 10.3. The molecule has 2 heterocycles. The van der Waals surface area contributed by atoms with Crippen molar-refractivity contribution in [3.05, 3.63) is 89.5 Å². The number of amidine groups is 1. The van der Waals surface area contributed by atoms with Gasteiger partial charge in [0.25, 0.3) is 0 Å². The Morgan fingerprint density at radius 2 is 1.56 bits per heavy atom. The molecule has 2 aliphatic rings. The number of pyridine rings is 1. The molecule has 1 aromatic heterocycles. The van der Waals surface area contributed by atoms with E-state index in [-0.39, 0.29) is 28.0 Å². The first-order valence-corrected chi connectivity index (χ1v) is 15.6. The van der Waals surface area contributed by atoms with Crippen LogP contribution in [-0.2, 0) is 10.8 Å². The Hall–Kier alpha value is -3.86. The van der Waals surface area contributed by atoms with Crippen LogP contribution in [0, 0.1) is 5.41 Å². The number of nitrogens with zero attached hydrogens (tertiary/aromatic N) is 3. The van der Waals surface area contributed by atoms with Crippen LogP contribution in [0.5, 0.6) is 17.4 Å². The van der Waals surface area contributed by atoms with Crippen molar-refractivity contribution in [3.8, 4) is 17.4 Å². The second-order valence-corrected chi connectivity index (χ2v) is 15.1. The summed E-state index contributed by atoms with van der Waals surface area (Å²) >= 11 is 0. The van der Waals surface area contributed by atoms with Crippen molar-refractivity contribution in [2.45, 2.75) is 97.6 Å². The number of aromatic nitrogens is 1. The summed E-state index contributed by atoms with van der Waals surface area (Å²) in [5.41, 5.74) is 5.63. The van der Waals surface area contributed by atoms with Gasteiger partial charge in [0, 0.05) is 22.7 Å². The first kappa shape index (κ1) is 29.2. The summed E-state index contributed by atoms with van der Waals surface area (Å²) in [4.78, 5) is 12.6. The highest BCUT2D eigenvalue weighted by molar-refractivity contribution is 6.12. The fourth-order valence-corrected chi connectivity index (χ4v) is 6.61. The van der Waals surface area contributed by atoms with Gasteiger partial charge in [0.1, 0.15) is 22.9 Å². The third-order valence-corrected chi connectivity index (χ3v) is 9.22. The largest absolute Gasteiger partial charge is 0.506 e. The van der Waals surface area contributed by atoms with E-state index in [1.54, 1.807) is 6.07 Å². The van der Waals surface area contributed by atoms with E-state index in [0.717, 1.165) is 23.2 Å². The second kappa shape index (κ2) is 10.4. The number of aromatic hydroxyl groups is 1. The van der Waals surface area contributed by atoms with Crippen LogP contribution >= 0.6 is 0 Å². The molecule has 1 N–H and O–H groups in total. The molecule has 0 amide bonds. The summed E-state index contributed by atoms with van der Waals surface area (Å²) in [5, 5.41) is 11.2. The predicted octanol–water partition coefficient (Wildman–Crippen LogP) is 9.54. The standard InChI is InChI=1S/C38H45N3O2/c1-36(2,3)26-21-27(37(4,5)6)23-28(22-26)41-30-15-11-19-38(7,8)34(30)40-35(41)25-13-9-14-29(20-25)43-32-18-17-24-12-10-16-31(42)33(24)39-32/h9-10,12-14,16-18,20-23,30,34,42H,11,15,19H2,1-8H3/t30-,34+/m0/s1. The summed E-state index contributed by atoms with van der Waals surface area (Å²) in [6.45, 7) is 18.5. The molecular weight excluding hydrogens is 530 g/mol. The fraction of sp³-hybridized carbons (Fsp3) is 0.421. The zero-order valence-electron chi connectivity index (χ0n) is 26.9. The van der Waals surface area contributed by atoms with Crippen LogP contribution in [-0.4, -0.2) is 28.0 Å². The number of phenolic OH excluding ortho intramolecular Hbond substituents is 1. The number of hydrogen-bond donors (Lipinski definition) is 1. The third kappa shape index (κ3) is 5.62. The molecule has 0 unspecified atom stereocenters. The van der Waals surface area contributed by atoms with Crippen LogP contribution in [0.3, 0.4) is 0 Å². The molecule has 0 radical (unpaired) electrons. The Morgan fingerprint density at radius 3 is 2.26 bits per heavy atom. The Labute approximate surface area is 256 Å². The molecule has 0 saturated heterocycles. The van der Waals surface area contributed by atoms with E-state index >= 15 is 0 Å². The lowest BCUT2D eigenvalue weighted by Crippen LogP contribution is -2.48. The van der Waals surface area contributed by atoms with E-state index in [9.17, 15) is 5.11 Å². The average Bonchev–Trinajstić information content (AvgIpc) is 3.34. The van der Waals surface area contributed by atoms with Crippen molar-refractivity contribution in [2.24, 2.45) is 10.4 Å². The fourth-order valence-electron chi connectivity index (χ4n) is 6.61. The first-order chi connectivity index (χ1) is 20.2. The molecule has 4 aromatic rings. The van der Waals surface area contributed by atoms with Crippen molar-refractivity contribution in [3.63, 3.8) is 0 Å². The number of para-hydroxylation sites is 1. The molecule has 5 nitrogen and oxygen atoms in total. The number of aliphatic imine (C=N–C) groups is 1. The second-order valence-electron chi connectivity index (χ2n) is 15.1. The van der Waals surface area contributed by atoms with Crippen molar-refractivity contribution in [2.75, 3.05) is 4.90 Å². The Bertz CT molecular complexity index is 1670. The minimum Gasteiger partial charge on any atom is -0.506 e. The van der Waals surface area contributed by atoms with Crippen molar-refractivity contribution in [1.82, 2.24) is 4.98 Å². The first-order valence-electron chi connectivity index (χ1n) is 15.6. The Morgan fingerprint density at radius 1 is 0.860 bits per heavy atom. The van der Waals surface area contributed by atoms with Gasteiger partial charge in [0.05, 0.1) is 12.1 Å². The lowest BCUT2D eigenvalue weighted by molar-refractivity contribution is 0.190. The molecule has 1 aliphatic carbocycles. The van der Waals surface area contributed by atoms with Gasteiger partial charge in [-0.05, 0) is 76.6 Å². The lowest BCUT2D eigenvalue weighted by Gasteiger charge is -2.42. The van der Waals surface area contributed by atoms with E-state index in [4.69, 9.17) is 9.73 Å². The van der Waals surface area contributed by atoms with Crippen LogP contribution in [0.4, 0.5) is 5.69 Å². The minimum absolute atomic E-state index is 0.0212. The molecule has 6 rings (SSSR count). The normalized spacial score (nSPS) is 20.2. The van der Waals surface area contributed by atoms with Gasteiger partial charge in [-0.25, -0.2) is 4.98 Å². The van der Waals surface area contributed by atoms with E-state index < -0.39 is 0 Å². The summed E-state index contributed by atoms with van der Waals surface area (Å²) in [7, 11) is 0. The van der Waals surface area contributed by atoms with Crippen LogP contribution in [0.15, 0.2) is 77.8 Å². The van der Waals surface area contributed by atoms with Gasteiger partial charge in [0.15, 0.2) is 0 Å². The number of phenols is 1. The number of hydrogen-bond acceptors (Lipinski definition) is 5. The zero-order valence-corrected chi connectivity index (χ0v) is 26.9. The van der Waals surface area contributed by atoms with Crippen LogP contribution in [0.1, 0.15) is 91.3 Å². The molecule has 1 fully saturated rings. The number of benzene rings is 3. The van der Waals surface area contributed by atoms with Crippen molar-refractivity contribution >= 4 is 22.4 Å². The van der Waals surface area contributed by atoms with Crippen molar-refractivity contribution < 1.29 is 9.84 Å². The molecule has 1 saturated carbocycles. The number of anilines is 1. The highest BCUT2D eigenvalue weighted by Gasteiger charge is 2.47. The van der Waals surface area contributed by atoms with Gasteiger partial charge >= 0.3 is 0 Å². The Kier molecular flexibility index (Phi) is 7.06. The molecular formula is C38H45N3O2. The van der Waals surface area contributed by atoms with Gasteiger partial charge in [-0.1, -0.05) is 92.1 Å². The van der Waals surface area contributed by atoms with Crippen LogP contribution in [0.2, 0.25) is 0 Å². The lowest BCUT2D eigenvalue weighted by atomic mass is 9.71. The number of fused-ring (bicyclic) bond motifs is 2. The van der Waals surface area contributed by atoms with E-state index in [1.807, 2.05) is 36.4 Å². The minimum atomic E-state index is 0.0212. The SMILES string of the molecule is CC(C)(C)c1cc(N2C(c3cccc(Oc4ccc5cccc(O)c5n4)c3)=N[C@@H]3[C@@H]2CCCC3(C)C)cc(C(C)(C)C)c1. The van der Waals surface area contributed by atoms with Gasteiger partial charge < -0.3 is 14.7 Å². The van der Waals surface area contributed by atoms with Crippen molar-refractivity contribution in [1.29, 1.82) is 0 Å². The summed E-state index contributed by atoms with van der Waals surface area (Å²) < 4.78 is 6.27. The third-order valence-electron chi connectivity index (χ3n) is 9.22. The molecule has 3 aromatic carbocycles. The van der Waals surface area contributed by atoms with Crippen LogP contribution in [0.25, 0.3) is 10.9 Å². The molecule has 1 aliphatic heterocycles. The maximum atomic E-state index is 10.3. The average molecular weight is 576 g/mol. The molecule has 2 atom stereocenters. The quantitative estimate of drug-likeness (QED) is 0.263. The predicted molar refractivity (Wildman–Crippen MR) is 178 cm³/mol. The van der Waals surface area contributed by atoms with Gasteiger partial charge in [-0.3, -0.25) is 4.99 Å².